The number of fused-ring (bicyclic) bond motifs is 1. The van der Waals surface area contributed by atoms with Gasteiger partial charge in [0, 0.05) is 35.2 Å². The van der Waals surface area contributed by atoms with E-state index in [1.54, 1.807) is 19.1 Å². The van der Waals surface area contributed by atoms with Crippen molar-refractivity contribution in [1.29, 1.82) is 0 Å². The zero-order valence-corrected chi connectivity index (χ0v) is 17.2. The van der Waals surface area contributed by atoms with E-state index in [-0.39, 0.29) is 30.4 Å². The number of alkyl halides is 1. The van der Waals surface area contributed by atoms with E-state index in [0.717, 1.165) is 22.7 Å². The number of aromatic nitrogens is 2. The number of aromatic amines is 1. The Kier molecular flexibility index (Phi) is 5.73. The number of pyridine rings is 1. The summed E-state index contributed by atoms with van der Waals surface area (Å²) in [6, 6.07) is 8.11. The average molecular weight is 437 g/mol. The second-order valence-corrected chi connectivity index (χ2v) is 7.77. The number of halogens is 1. The zero-order chi connectivity index (χ0) is 22.8. The highest BCUT2D eigenvalue weighted by Gasteiger charge is 2.41. The summed E-state index contributed by atoms with van der Waals surface area (Å²) in [4.78, 5) is 34.9. The lowest BCUT2D eigenvalue weighted by Crippen LogP contribution is -2.38. The third-order valence-corrected chi connectivity index (χ3v) is 5.49. The van der Waals surface area contributed by atoms with Crippen molar-refractivity contribution in [3.8, 4) is 11.6 Å². The fourth-order valence-corrected chi connectivity index (χ4v) is 3.88. The number of H-pyrrole nitrogens is 1. The van der Waals surface area contributed by atoms with Crippen molar-refractivity contribution in [3.05, 3.63) is 69.8 Å². The van der Waals surface area contributed by atoms with E-state index < -0.39 is 23.2 Å². The number of carbonyl (C=O) groups is 1. The molecule has 10 heteroatoms. The van der Waals surface area contributed by atoms with E-state index in [1.807, 2.05) is 12.3 Å². The fraction of sp³-hybridized carbons (Fsp3) is 0.318. The molecule has 3 atom stereocenters. The van der Waals surface area contributed by atoms with Gasteiger partial charge in [-0.2, -0.15) is 0 Å². The lowest BCUT2D eigenvalue weighted by atomic mass is 9.99. The Labute approximate surface area is 182 Å². The van der Waals surface area contributed by atoms with Crippen molar-refractivity contribution in [2.24, 2.45) is 5.92 Å². The summed E-state index contributed by atoms with van der Waals surface area (Å²) in [6.07, 6.45) is 1.52. The molecule has 1 aromatic carbocycles. The van der Waals surface area contributed by atoms with Crippen LogP contribution < -0.4 is 4.74 Å². The summed E-state index contributed by atoms with van der Waals surface area (Å²) in [5.74, 6) is 0.0505. The van der Waals surface area contributed by atoms with Crippen LogP contribution in [-0.2, 0) is 11.2 Å². The first-order valence-corrected chi connectivity index (χ1v) is 10.0. The molecule has 1 amide bonds. The van der Waals surface area contributed by atoms with Crippen LogP contribution in [0, 0.1) is 22.6 Å². The Morgan fingerprint density at radius 2 is 2.28 bits per heavy atom. The summed E-state index contributed by atoms with van der Waals surface area (Å²) in [6.45, 7) is 8.95. The third-order valence-electron chi connectivity index (χ3n) is 5.49. The molecule has 0 radical (unpaired) electrons. The number of hydrogen-bond donors (Lipinski definition) is 1. The van der Waals surface area contributed by atoms with Crippen LogP contribution >= 0.6 is 0 Å². The summed E-state index contributed by atoms with van der Waals surface area (Å²) in [5.41, 5.74) is 1.61. The highest BCUT2D eigenvalue weighted by atomic mass is 19.1. The van der Waals surface area contributed by atoms with Gasteiger partial charge in [0.2, 0.25) is 11.8 Å². The first-order valence-electron chi connectivity index (χ1n) is 10.0. The number of likely N-dealkylation sites (tertiary alicyclic amines) is 1. The molecule has 0 bridgehead atoms. The van der Waals surface area contributed by atoms with Crippen molar-refractivity contribution < 1.29 is 18.8 Å². The van der Waals surface area contributed by atoms with Crippen LogP contribution in [0.4, 0.5) is 10.1 Å². The van der Waals surface area contributed by atoms with Gasteiger partial charge < -0.3 is 9.72 Å². The Balaban J connectivity index is 1.50. The molecule has 0 spiro atoms. The van der Waals surface area contributed by atoms with E-state index >= 15 is 0 Å². The van der Waals surface area contributed by atoms with E-state index in [4.69, 9.17) is 11.3 Å². The van der Waals surface area contributed by atoms with Gasteiger partial charge in [0.05, 0.1) is 17.9 Å². The van der Waals surface area contributed by atoms with Gasteiger partial charge >= 0.3 is 6.17 Å². The van der Waals surface area contributed by atoms with Crippen LogP contribution in [0.2, 0.25) is 0 Å². The van der Waals surface area contributed by atoms with Crippen molar-refractivity contribution in [1.82, 2.24) is 14.9 Å². The molecule has 3 heterocycles. The zero-order valence-electron chi connectivity index (χ0n) is 17.2. The van der Waals surface area contributed by atoms with Gasteiger partial charge in [-0.3, -0.25) is 24.7 Å². The maximum atomic E-state index is 13.7. The summed E-state index contributed by atoms with van der Waals surface area (Å²) < 4.78 is 19.4. The maximum Gasteiger partial charge on any atom is 0.303 e. The number of amides is 1. The van der Waals surface area contributed by atoms with Crippen LogP contribution in [0.5, 0.6) is 11.6 Å². The SMILES string of the molecule is [C-]#[N+][C@@H]1CC(F)CN1C(=O)[C@@H](C)Cc1c[nH]c2ccc(Oc3ccc([N+](=O)[O-])cn3)cc12. The van der Waals surface area contributed by atoms with Gasteiger partial charge in [-0.25, -0.2) is 15.9 Å². The molecule has 1 fully saturated rings. The predicted molar refractivity (Wildman–Crippen MR) is 114 cm³/mol. The highest BCUT2D eigenvalue weighted by Crippen LogP contribution is 2.30. The first kappa shape index (κ1) is 21.2. The Morgan fingerprint density at radius 1 is 1.47 bits per heavy atom. The third kappa shape index (κ3) is 4.23. The number of nitro groups is 1. The quantitative estimate of drug-likeness (QED) is 0.352. The lowest BCUT2D eigenvalue weighted by molar-refractivity contribution is -0.385. The van der Waals surface area contributed by atoms with E-state index in [2.05, 4.69) is 14.8 Å². The molecule has 1 unspecified atom stereocenters. The number of ether oxygens (including phenoxy) is 1. The highest BCUT2D eigenvalue weighted by molar-refractivity contribution is 5.86. The molecule has 4 rings (SSSR count). The summed E-state index contributed by atoms with van der Waals surface area (Å²) in [5, 5.41) is 11.6. The van der Waals surface area contributed by atoms with Crippen molar-refractivity contribution in [2.75, 3.05) is 6.54 Å². The molecule has 0 saturated carbocycles. The monoisotopic (exact) mass is 437 g/mol. The Bertz CT molecular complexity index is 1200. The molecule has 1 aliphatic rings. The number of benzene rings is 1. The minimum atomic E-state index is -1.16. The van der Waals surface area contributed by atoms with Crippen LogP contribution in [-0.4, -0.2) is 44.6 Å². The second kappa shape index (κ2) is 8.63. The number of nitrogens with zero attached hydrogens (tertiary/aromatic N) is 4. The number of rotatable bonds is 6. The largest absolute Gasteiger partial charge is 0.439 e. The molecular formula is C22H20FN5O4. The molecule has 32 heavy (non-hydrogen) atoms. The minimum absolute atomic E-state index is 0.0374. The van der Waals surface area contributed by atoms with Crippen molar-refractivity contribution in [3.63, 3.8) is 0 Å². The van der Waals surface area contributed by atoms with Gasteiger partial charge in [0.25, 0.3) is 5.69 Å². The standard InChI is InChI=1S/C22H20FN5O4/c1-13(22(29)27-12-15(23)8-20(27)24-2)7-14-10-25-19-5-4-17(9-18(14)19)32-21-6-3-16(11-26-21)28(30)31/h3-6,9-11,13,15,20,25H,7-8,12H2,1H3/t13-,15?,20-/m0/s1. The smallest absolute Gasteiger partial charge is 0.303 e. The van der Waals surface area contributed by atoms with Crippen molar-refractivity contribution in [2.45, 2.75) is 32.1 Å². The van der Waals surface area contributed by atoms with Gasteiger partial charge in [0.1, 0.15) is 18.1 Å². The first-order chi connectivity index (χ1) is 15.4. The number of hydrogen-bond acceptors (Lipinski definition) is 5. The molecule has 0 aliphatic carbocycles. The van der Waals surface area contributed by atoms with Gasteiger partial charge in [0.15, 0.2) is 0 Å². The predicted octanol–water partition coefficient (Wildman–Crippen LogP) is 4.26. The minimum Gasteiger partial charge on any atom is -0.439 e. The normalized spacial score (nSPS) is 19.0. The molecular weight excluding hydrogens is 417 g/mol. The van der Waals surface area contributed by atoms with Gasteiger partial charge in [-0.15, -0.1) is 0 Å². The molecule has 3 aromatic rings. The fourth-order valence-electron chi connectivity index (χ4n) is 3.88. The average Bonchev–Trinajstić information content (AvgIpc) is 3.36. The molecule has 9 nitrogen and oxygen atoms in total. The Morgan fingerprint density at radius 3 is 2.97 bits per heavy atom. The topological polar surface area (TPSA) is 106 Å². The van der Waals surface area contributed by atoms with E-state index in [1.165, 1.54) is 17.0 Å². The van der Waals surface area contributed by atoms with Gasteiger partial charge in [-0.1, -0.05) is 6.92 Å². The van der Waals surface area contributed by atoms with Crippen LogP contribution in [0.25, 0.3) is 15.7 Å². The lowest BCUT2D eigenvalue weighted by Gasteiger charge is -2.20. The molecule has 1 N–H and O–H groups in total. The van der Waals surface area contributed by atoms with Crippen LogP contribution in [0.15, 0.2) is 42.7 Å². The molecule has 1 aliphatic heterocycles. The molecule has 164 valence electrons. The van der Waals surface area contributed by atoms with Crippen molar-refractivity contribution >= 4 is 22.5 Å². The number of nitrogens with one attached hydrogen (secondary N) is 1. The summed E-state index contributed by atoms with van der Waals surface area (Å²) in [7, 11) is 0. The molecule has 2 aromatic heterocycles. The van der Waals surface area contributed by atoms with E-state index in [9.17, 15) is 19.3 Å². The summed E-state index contributed by atoms with van der Waals surface area (Å²) >= 11 is 0. The second-order valence-electron chi connectivity index (χ2n) is 7.77. The van der Waals surface area contributed by atoms with Crippen LogP contribution in [0.3, 0.4) is 0 Å². The number of carbonyl (C=O) groups excluding carboxylic acids is 1. The van der Waals surface area contributed by atoms with E-state index in [0.29, 0.717) is 12.2 Å². The maximum absolute atomic E-state index is 13.7. The molecule has 1 saturated heterocycles. The van der Waals surface area contributed by atoms with Crippen LogP contribution in [0.1, 0.15) is 18.9 Å². The Hall–Kier alpha value is -4.00. The van der Waals surface area contributed by atoms with Gasteiger partial charge in [-0.05, 0) is 30.2 Å².